The SMILES string of the molecule is CNC(=O)CSc1cccc(C(C)N)c1. The average Bonchev–Trinajstić information content (AvgIpc) is 2.26. The lowest BCUT2D eigenvalue weighted by molar-refractivity contribution is -0.118. The molecule has 0 aromatic heterocycles. The maximum absolute atomic E-state index is 11.0. The molecule has 1 atom stereocenters. The highest BCUT2D eigenvalue weighted by Gasteiger charge is 2.03. The summed E-state index contributed by atoms with van der Waals surface area (Å²) in [6.45, 7) is 1.95. The summed E-state index contributed by atoms with van der Waals surface area (Å²) in [5, 5.41) is 2.59. The van der Waals surface area contributed by atoms with Crippen molar-refractivity contribution in [3.05, 3.63) is 29.8 Å². The van der Waals surface area contributed by atoms with E-state index in [0.717, 1.165) is 10.5 Å². The summed E-state index contributed by atoms with van der Waals surface area (Å²) in [5.41, 5.74) is 6.87. The molecule has 4 heteroatoms. The Morgan fingerprint density at radius 3 is 2.93 bits per heavy atom. The Bertz CT molecular complexity index is 339. The van der Waals surface area contributed by atoms with Crippen molar-refractivity contribution < 1.29 is 4.79 Å². The topological polar surface area (TPSA) is 55.1 Å². The molecule has 0 aliphatic heterocycles. The van der Waals surface area contributed by atoms with Crippen LogP contribution >= 0.6 is 11.8 Å². The van der Waals surface area contributed by atoms with Gasteiger partial charge in [-0.05, 0) is 24.6 Å². The van der Waals surface area contributed by atoms with Gasteiger partial charge in [-0.2, -0.15) is 0 Å². The molecule has 1 amide bonds. The van der Waals surface area contributed by atoms with Crippen LogP contribution in [0.15, 0.2) is 29.2 Å². The van der Waals surface area contributed by atoms with Gasteiger partial charge in [0.1, 0.15) is 0 Å². The molecule has 3 N–H and O–H groups in total. The van der Waals surface area contributed by atoms with Crippen LogP contribution in [0.25, 0.3) is 0 Å². The van der Waals surface area contributed by atoms with Gasteiger partial charge in [0.05, 0.1) is 5.75 Å². The molecule has 3 nitrogen and oxygen atoms in total. The van der Waals surface area contributed by atoms with Crippen molar-refractivity contribution in [3.8, 4) is 0 Å². The molecule has 0 spiro atoms. The molecule has 0 saturated carbocycles. The molecule has 0 aliphatic rings. The van der Waals surface area contributed by atoms with Crippen LogP contribution in [-0.4, -0.2) is 18.7 Å². The fourth-order valence-electron chi connectivity index (χ4n) is 1.11. The highest BCUT2D eigenvalue weighted by molar-refractivity contribution is 8.00. The van der Waals surface area contributed by atoms with E-state index >= 15 is 0 Å². The number of benzene rings is 1. The van der Waals surface area contributed by atoms with E-state index in [9.17, 15) is 4.79 Å². The lowest BCUT2D eigenvalue weighted by Gasteiger charge is -2.07. The van der Waals surface area contributed by atoms with Gasteiger partial charge in [0, 0.05) is 18.0 Å². The molecular formula is C11H16N2OS. The highest BCUT2D eigenvalue weighted by atomic mass is 32.2. The zero-order valence-electron chi connectivity index (χ0n) is 8.99. The summed E-state index contributed by atoms with van der Waals surface area (Å²) in [5.74, 6) is 0.477. The van der Waals surface area contributed by atoms with E-state index in [0.29, 0.717) is 5.75 Å². The summed E-state index contributed by atoms with van der Waals surface area (Å²) in [6, 6.07) is 8.00. The third kappa shape index (κ3) is 3.93. The van der Waals surface area contributed by atoms with Gasteiger partial charge in [-0.1, -0.05) is 12.1 Å². The van der Waals surface area contributed by atoms with Gasteiger partial charge in [-0.25, -0.2) is 0 Å². The Morgan fingerprint density at radius 2 is 2.33 bits per heavy atom. The predicted molar refractivity (Wildman–Crippen MR) is 63.8 cm³/mol. The third-order valence-electron chi connectivity index (χ3n) is 2.03. The first-order chi connectivity index (χ1) is 7.13. The maximum atomic E-state index is 11.0. The molecule has 1 rings (SSSR count). The number of carbonyl (C=O) groups excluding carboxylic acids is 1. The van der Waals surface area contributed by atoms with Crippen LogP contribution in [0.4, 0.5) is 0 Å². The minimum absolute atomic E-state index is 0.0329. The minimum Gasteiger partial charge on any atom is -0.358 e. The first-order valence-electron chi connectivity index (χ1n) is 4.82. The van der Waals surface area contributed by atoms with Crippen LogP contribution < -0.4 is 11.1 Å². The number of thioether (sulfide) groups is 1. The lowest BCUT2D eigenvalue weighted by Crippen LogP contribution is -2.19. The number of amides is 1. The fourth-order valence-corrected chi connectivity index (χ4v) is 1.94. The zero-order valence-corrected chi connectivity index (χ0v) is 9.80. The molecule has 0 saturated heterocycles. The second-order valence-corrected chi connectivity index (χ2v) is 4.37. The number of nitrogens with two attached hydrogens (primary N) is 1. The second kappa shape index (κ2) is 5.78. The number of hydrogen-bond donors (Lipinski definition) is 2. The van der Waals surface area contributed by atoms with Crippen molar-refractivity contribution in [1.82, 2.24) is 5.32 Å². The van der Waals surface area contributed by atoms with Gasteiger partial charge in [0.15, 0.2) is 0 Å². The van der Waals surface area contributed by atoms with Crippen molar-refractivity contribution in [2.24, 2.45) is 5.73 Å². The van der Waals surface area contributed by atoms with Gasteiger partial charge in [-0.15, -0.1) is 11.8 Å². The van der Waals surface area contributed by atoms with Gasteiger partial charge in [-0.3, -0.25) is 4.79 Å². The Kier molecular flexibility index (Phi) is 4.65. The predicted octanol–water partition coefficient (Wildman–Crippen LogP) is 1.54. The molecular weight excluding hydrogens is 208 g/mol. The van der Waals surface area contributed by atoms with Crippen LogP contribution in [0, 0.1) is 0 Å². The number of carbonyl (C=O) groups is 1. The average molecular weight is 224 g/mol. The third-order valence-corrected chi connectivity index (χ3v) is 3.03. The molecule has 82 valence electrons. The summed E-state index contributed by atoms with van der Waals surface area (Å²) in [6.07, 6.45) is 0. The van der Waals surface area contributed by atoms with E-state index in [1.165, 1.54) is 11.8 Å². The normalized spacial score (nSPS) is 12.2. The largest absolute Gasteiger partial charge is 0.358 e. The smallest absolute Gasteiger partial charge is 0.230 e. The molecule has 0 bridgehead atoms. The Balaban J connectivity index is 2.61. The van der Waals surface area contributed by atoms with E-state index in [4.69, 9.17) is 5.73 Å². The Hall–Kier alpha value is -1.00. The molecule has 1 aromatic carbocycles. The van der Waals surface area contributed by atoms with Gasteiger partial charge in [0.2, 0.25) is 5.91 Å². The van der Waals surface area contributed by atoms with E-state index in [-0.39, 0.29) is 11.9 Å². The van der Waals surface area contributed by atoms with Crippen LogP contribution in [0.3, 0.4) is 0 Å². The van der Waals surface area contributed by atoms with Gasteiger partial charge in [0.25, 0.3) is 0 Å². The van der Waals surface area contributed by atoms with Crippen LogP contribution in [0.5, 0.6) is 0 Å². The number of rotatable bonds is 4. The standard InChI is InChI=1S/C11H16N2OS/c1-8(12)9-4-3-5-10(6-9)15-7-11(14)13-2/h3-6,8H,7,12H2,1-2H3,(H,13,14). The van der Waals surface area contributed by atoms with Gasteiger partial charge < -0.3 is 11.1 Å². The molecule has 0 fully saturated rings. The van der Waals surface area contributed by atoms with Crippen molar-refractivity contribution in [3.63, 3.8) is 0 Å². The molecule has 1 unspecified atom stereocenters. The van der Waals surface area contributed by atoms with E-state index in [2.05, 4.69) is 5.32 Å². The van der Waals surface area contributed by atoms with Crippen LogP contribution in [-0.2, 0) is 4.79 Å². The van der Waals surface area contributed by atoms with Crippen molar-refractivity contribution >= 4 is 17.7 Å². The number of nitrogens with one attached hydrogen (secondary N) is 1. The quantitative estimate of drug-likeness (QED) is 0.763. The summed E-state index contributed by atoms with van der Waals surface area (Å²) >= 11 is 1.52. The van der Waals surface area contributed by atoms with Crippen molar-refractivity contribution in [1.29, 1.82) is 0 Å². The minimum atomic E-state index is 0.0329. The van der Waals surface area contributed by atoms with Crippen molar-refractivity contribution in [2.75, 3.05) is 12.8 Å². The Labute approximate surface area is 94.4 Å². The summed E-state index contributed by atoms with van der Waals surface area (Å²) in [4.78, 5) is 12.1. The van der Waals surface area contributed by atoms with E-state index in [1.54, 1.807) is 7.05 Å². The maximum Gasteiger partial charge on any atom is 0.230 e. The fraction of sp³-hybridized carbons (Fsp3) is 0.364. The molecule has 1 aromatic rings. The molecule has 15 heavy (non-hydrogen) atoms. The van der Waals surface area contributed by atoms with E-state index in [1.807, 2.05) is 31.2 Å². The molecule has 0 heterocycles. The van der Waals surface area contributed by atoms with Crippen LogP contribution in [0.1, 0.15) is 18.5 Å². The highest BCUT2D eigenvalue weighted by Crippen LogP contribution is 2.21. The zero-order chi connectivity index (χ0) is 11.3. The second-order valence-electron chi connectivity index (χ2n) is 3.32. The number of hydrogen-bond acceptors (Lipinski definition) is 3. The lowest BCUT2D eigenvalue weighted by atomic mass is 10.1. The van der Waals surface area contributed by atoms with E-state index < -0.39 is 0 Å². The van der Waals surface area contributed by atoms with Crippen molar-refractivity contribution in [2.45, 2.75) is 17.9 Å². The molecule has 0 aliphatic carbocycles. The van der Waals surface area contributed by atoms with Gasteiger partial charge >= 0.3 is 0 Å². The van der Waals surface area contributed by atoms with Crippen LogP contribution in [0.2, 0.25) is 0 Å². The summed E-state index contributed by atoms with van der Waals surface area (Å²) in [7, 11) is 1.64. The first-order valence-corrected chi connectivity index (χ1v) is 5.81. The molecule has 0 radical (unpaired) electrons. The summed E-state index contributed by atoms with van der Waals surface area (Å²) < 4.78 is 0. The monoisotopic (exact) mass is 224 g/mol. The first kappa shape index (κ1) is 12.1. The Morgan fingerprint density at radius 1 is 1.60 bits per heavy atom.